The molecule has 0 aliphatic heterocycles. The van der Waals surface area contributed by atoms with Crippen molar-refractivity contribution in [3.8, 4) is 5.75 Å². The molecule has 104 valence electrons. The molecule has 0 aliphatic rings. The fourth-order valence-corrected chi connectivity index (χ4v) is 1.65. The Hall–Kier alpha value is -0.650. The molecule has 18 heavy (non-hydrogen) atoms. The molecule has 1 rings (SSSR count). The van der Waals surface area contributed by atoms with Crippen LogP contribution in [0.15, 0.2) is 18.2 Å². The summed E-state index contributed by atoms with van der Waals surface area (Å²) in [5, 5.41) is 0.420. The summed E-state index contributed by atoms with van der Waals surface area (Å²) < 4.78 is 41.3. The van der Waals surface area contributed by atoms with Crippen molar-refractivity contribution in [3.63, 3.8) is 0 Å². The molecule has 2 nitrogen and oxygen atoms in total. The third-order valence-corrected chi connectivity index (χ3v) is 2.57. The maximum Gasteiger partial charge on any atom is 0.389 e. The van der Waals surface area contributed by atoms with E-state index < -0.39 is 18.6 Å². The number of rotatable bonds is 4. The van der Waals surface area contributed by atoms with Gasteiger partial charge < -0.3 is 10.5 Å². The van der Waals surface area contributed by atoms with Gasteiger partial charge in [-0.15, -0.1) is 12.4 Å². The number of benzene rings is 1. The van der Waals surface area contributed by atoms with Gasteiger partial charge >= 0.3 is 6.18 Å². The van der Waals surface area contributed by atoms with Gasteiger partial charge in [-0.05, 0) is 24.6 Å². The minimum absolute atomic E-state index is 0. The van der Waals surface area contributed by atoms with Crippen molar-refractivity contribution >= 4 is 24.0 Å². The van der Waals surface area contributed by atoms with Gasteiger partial charge in [-0.25, -0.2) is 0 Å². The van der Waals surface area contributed by atoms with E-state index in [2.05, 4.69) is 0 Å². The molecule has 0 aromatic heterocycles. The van der Waals surface area contributed by atoms with Crippen LogP contribution >= 0.6 is 24.0 Å². The lowest BCUT2D eigenvalue weighted by Gasteiger charge is -2.16. The van der Waals surface area contributed by atoms with Gasteiger partial charge in [-0.2, -0.15) is 13.2 Å². The average molecular weight is 304 g/mol. The highest BCUT2D eigenvalue weighted by molar-refractivity contribution is 6.30. The Morgan fingerprint density at radius 1 is 1.39 bits per heavy atom. The minimum Gasteiger partial charge on any atom is -0.496 e. The molecule has 0 saturated carbocycles. The van der Waals surface area contributed by atoms with Crippen LogP contribution in [-0.4, -0.2) is 13.3 Å². The molecule has 0 saturated heterocycles. The van der Waals surface area contributed by atoms with E-state index in [-0.39, 0.29) is 18.8 Å². The number of halogens is 5. The fraction of sp³-hybridized carbons (Fsp3) is 0.455. The minimum atomic E-state index is -4.20. The molecule has 0 unspecified atom stereocenters. The molecule has 0 fully saturated rings. The second-order valence-electron chi connectivity index (χ2n) is 3.65. The molecular formula is C11H14Cl2F3NO. The summed E-state index contributed by atoms with van der Waals surface area (Å²) in [6, 6.07) is 3.97. The van der Waals surface area contributed by atoms with Crippen molar-refractivity contribution in [2.24, 2.45) is 5.73 Å². The number of alkyl halides is 3. The van der Waals surface area contributed by atoms with Gasteiger partial charge in [0.25, 0.3) is 0 Å². The van der Waals surface area contributed by atoms with Gasteiger partial charge in [-0.1, -0.05) is 11.6 Å². The fourth-order valence-electron chi connectivity index (χ4n) is 1.47. The van der Waals surface area contributed by atoms with Crippen molar-refractivity contribution < 1.29 is 17.9 Å². The predicted molar refractivity (Wildman–Crippen MR) is 67.5 cm³/mol. The number of ether oxygens (including phenoxy) is 1. The van der Waals surface area contributed by atoms with Gasteiger partial charge in [-0.3, -0.25) is 0 Å². The van der Waals surface area contributed by atoms with E-state index in [0.717, 1.165) is 0 Å². The topological polar surface area (TPSA) is 35.2 Å². The Morgan fingerprint density at radius 2 is 2.00 bits per heavy atom. The SMILES string of the molecule is COc1ccc(Cl)cc1[C@H](N)CCC(F)(F)F.Cl. The molecule has 7 heteroatoms. The number of methoxy groups -OCH3 is 1. The molecule has 0 bridgehead atoms. The summed E-state index contributed by atoms with van der Waals surface area (Å²) in [5.41, 5.74) is 6.20. The quantitative estimate of drug-likeness (QED) is 0.908. The number of hydrogen-bond acceptors (Lipinski definition) is 2. The van der Waals surface area contributed by atoms with Crippen LogP contribution in [0, 0.1) is 0 Å². The highest BCUT2D eigenvalue weighted by Gasteiger charge is 2.28. The normalized spacial score (nSPS) is 12.8. The first-order valence-corrected chi connectivity index (χ1v) is 5.37. The molecule has 1 aromatic carbocycles. The molecular weight excluding hydrogens is 290 g/mol. The third kappa shape index (κ3) is 5.33. The Bertz CT molecular complexity index is 385. The first-order valence-electron chi connectivity index (χ1n) is 4.99. The van der Waals surface area contributed by atoms with E-state index >= 15 is 0 Å². The molecule has 0 aliphatic carbocycles. The first kappa shape index (κ1) is 17.4. The lowest BCUT2D eigenvalue weighted by molar-refractivity contribution is -0.136. The summed E-state index contributed by atoms with van der Waals surface area (Å²) in [5.74, 6) is 0.448. The van der Waals surface area contributed by atoms with Crippen LogP contribution in [0.5, 0.6) is 5.75 Å². The van der Waals surface area contributed by atoms with Crippen LogP contribution in [-0.2, 0) is 0 Å². The van der Waals surface area contributed by atoms with E-state index in [1.165, 1.54) is 13.2 Å². The van der Waals surface area contributed by atoms with Gasteiger partial charge in [0.2, 0.25) is 0 Å². The summed E-state index contributed by atoms with van der Waals surface area (Å²) in [6.07, 6.45) is -5.33. The van der Waals surface area contributed by atoms with Crippen LogP contribution in [0.2, 0.25) is 5.02 Å². The summed E-state index contributed by atoms with van der Waals surface area (Å²) >= 11 is 5.77. The molecule has 0 radical (unpaired) electrons. The van der Waals surface area contributed by atoms with E-state index in [1.807, 2.05) is 0 Å². The Morgan fingerprint density at radius 3 is 2.50 bits per heavy atom. The Kier molecular flexibility index (Phi) is 6.81. The van der Waals surface area contributed by atoms with E-state index in [9.17, 15) is 13.2 Å². The molecule has 1 aromatic rings. The van der Waals surface area contributed by atoms with Crippen molar-refractivity contribution in [2.45, 2.75) is 25.1 Å². The van der Waals surface area contributed by atoms with Crippen molar-refractivity contribution in [2.75, 3.05) is 7.11 Å². The van der Waals surface area contributed by atoms with Crippen LogP contribution in [0.4, 0.5) is 13.2 Å². The average Bonchev–Trinajstić information content (AvgIpc) is 2.25. The zero-order chi connectivity index (χ0) is 13.1. The molecule has 2 N–H and O–H groups in total. The van der Waals surface area contributed by atoms with Gasteiger partial charge in [0.15, 0.2) is 0 Å². The van der Waals surface area contributed by atoms with E-state index in [4.69, 9.17) is 22.1 Å². The van der Waals surface area contributed by atoms with Crippen molar-refractivity contribution in [3.05, 3.63) is 28.8 Å². The van der Waals surface area contributed by atoms with Gasteiger partial charge in [0.05, 0.1) is 7.11 Å². The highest BCUT2D eigenvalue weighted by Crippen LogP contribution is 2.32. The molecule has 1 atom stereocenters. The maximum atomic E-state index is 12.1. The van der Waals surface area contributed by atoms with Crippen molar-refractivity contribution in [1.29, 1.82) is 0 Å². The van der Waals surface area contributed by atoms with Gasteiger partial charge in [0, 0.05) is 23.0 Å². The predicted octanol–water partition coefficient (Wildman–Crippen LogP) is 4.11. The smallest absolute Gasteiger partial charge is 0.389 e. The zero-order valence-corrected chi connectivity index (χ0v) is 11.2. The summed E-state index contributed by atoms with van der Waals surface area (Å²) in [4.78, 5) is 0. The summed E-state index contributed by atoms with van der Waals surface area (Å²) in [6.45, 7) is 0. The second kappa shape index (κ2) is 7.07. The monoisotopic (exact) mass is 303 g/mol. The second-order valence-corrected chi connectivity index (χ2v) is 4.08. The van der Waals surface area contributed by atoms with Crippen LogP contribution in [0.1, 0.15) is 24.4 Å². The Balaban J connectivity index is 0.00000289. The number of hydrogen-bond donors (Lipinski definition) is 1. The maximum absolute atomic E-state index is 12.1. The van der Waals surface area contributed by atoms with E-state index in [1.54, 1.807) is 12.1 Å². The zero-order valence-electron chi connectivity index (χ0n) is 9.63. The van der Waals surface area contributed by atoms with Crippen LogP contribution in [0.25, 0.3) is 0 Å². The standard InChI is InChI=1S/C11H13ClF3NO.ClH/c1-17-10-3-2-7(12)6-8(10)9(16)4-5-11(13,14)15;/h2-3,6,9H,4-5,16H2,1H3;1H/t9-;/m1./s1. The third-order valence-electron chi connectivity index (χ3n) is 2.33. The largest absolute Gasteiger partial charge is 0.496 e. The number of nitrogens with two attached hydrogens (primary N) is 1. The Labute approximate surface area is 115 Å². The van der Waals surface area contributed by atoms with E-state index in [0.29, 0.717) is 16.3 Å². The molecule has 0 heterocycles. The summed E-state index contributed by atoms with van der Waals surface area (Å²) in [7, 11) is 1.43. The first-order chi connectivity index (χ1) is 7.83. The van der Waals surface area contributed by atoms with Gasteiger partial charge in [0.1, 0.15) is 5.75 Å². The van der Waals surface area contributed by atoms with Crippen LogP contribution < -0.4 is 10.5 Å². The lowest BCUT2D eigenvalue weighted by atomic mass is 10.0. The molecule has 0 spiro atoms. The van der Waals surface area contributed by atoms with Crippen molar-refractivity contribution in [1.82, 2.24) is 0 Å². The highest BCUT2D eigenvalue weighted by atomic mass is 35.5. The molecule has 0 amide bonds. The lowest BCUT2D eigenvalue weighted by Crippen LogP contribution is -2.16. The van der Waals surface area contributed by atoms with Crippen LogP contribution in [0.3, 0.4) is 0 Å².